The second kappa shape index (κ2) is 7.74. The summed E-state index contributed by atoms with van der Waals surface area (Å²) >= 11 is 0. The van der Waals surface area contributed by atoms with Gasteiger partial charge in [0.05, 0.1) is 5.31 Å². The minimum absolute atomic E-state index is 0.0312. The van der Waals surface area contributed by atoms with Crippen LogP contribution in [0.25, 0.3) is 0 Å². The number of hydrogen-bond acceptors (Lipinski definition) is 1. The molecular formula is C24H35OP. The summed E-state index contributed by atoms with van der Waals surface area (Å²) in [5.41, 5.74) is 6.88. The fourth-order valence-electron chi connectivity index (χ4n) is 2.91. The topological polar surface area (TPSA) is 9.23 Å². The molecular weight excluding hydrogens is 335 g/mol. The molecule has 1 unspecified atom stereocenters. The van der Waals surface area contributed by atoms with Crippen molar-refractivity contribution in [3.63, 3.8) is 0 Å². The van der Waals surface area contributed by atoms with Crippen LogP contribution < -0.4 is 5.30 Å². The van der Waals surface area contributed by atoms with E-state index in [9.17, 15) is 0 Å². The molecule has 142 valence electrons. The minimum atomic E-state index is -1.13. The van der Waals surface area contributed by atoms with Gasteiger partial charge >= 0.3 is 0 Å². The Morgan fingerprint density at radius 3 is 1.58 bits per heavy atom. The van der Waals surface area contributed by atoms with Gasteiger partial charge in [-0.2, -0.15) is 0 Å². The average Bonchev–Trinajstić information content (AvgIpc) is 2.48. The molecule has 2 heteroatoms. The van der Waals surface area contributed by atoms with Crippen LogP contribution in [0.5, 0.6) is 0 Å². The number of terminal acetylenes is 1. The SMILES string of the molecule is C#CC(=C=C)P(OC)c1c(C(C)(C)C)cc(C(C)(C)C)cc1C(C)(C)C. The number of benzene rings is 1. The smallest absolute Gasteiger partial charge is 0.108 e. The van der Waals surface area contributed by atoms with Crippen LogP contribution in [0.2, 0.25) is 0 Å². The highest BCUT2D eigenvalue weighted by molar-refractivity contribution is 7.65. The number of rotatable bonds is 3. The van der Waals surface area contributed by atoms with Gasteiger partial charge in [0.25, 0.3) is 0 Å². The van der Waals surface area contributed by atoms with Gasteiger partial charge in [0, 0.05) is 12.4 Å². The van der Waals surface area contributed by atoms with Crippen molar-refractivity contribution in [3.05, 3.63) is 46.4 Å². The third kappa shape index (κ3) is 4.90. The van der Waals surface area contributed by atoms with Gasteiger partial charge in [-0.05, 0) is 32.9 Å². The van der Waals surface area contributed by atoms with E-state index < -0.39 is 8.15 Å². The number of hydrogen-bond donors (Lipinski definition) is 0. The van der Waals surface area contributed by atoms with Crippen molar-refractivity contribution in [2.75, 3.05) is 7.11 Å². The van der Waals surface area contributed by atoms with Gasteiger partial charge in [-0.25, -0.2) is 0 Å². The Morgan fingerprint density at radius 1 is 0.923 bits per heavy atom. The molecule has 26 heavy (non-hydrogen) atoms. The molecule has 0 aliphatic rings. The van der Waals surface area contributed by atoms with Crippen molar-refractivity contribution >= 4 is 13.5 Å². The maximum absolute atomic E-state index is 5.96. The lowest BCUT2D eigenvalue weighted by Gasteiger charge is -2.35. The summed E-state index contributed by atoms with van der Waals surface area (Å²) in [4.78, 5) is 0. The molecule has 1 aromatic rings. The van der Waals surface area contributed by atoms with Crippen molar-refractivity contribution in [2.24, 2.45) is 0 Å². The van der Waals surface area contributed by atoms with Gasteiger partial charge in [-0.15, -0.1) is 12.2 Å². The van der Waals surface area contributed by atoms with Gasteiger partial charge < -0.3 is 4.52 Å². The van der Waals surface area contributed by atoms with Gasteiger partial charge in [0.2, 0.25) is 0 Å². The molecule has 0 amide bonds. The molecule has 0 heterocycles. The zero-order chi connectivity index (χ0) is 20.5. The molecule has 1 nitrogen and oxygen atoms in total. The van der Waals surface area contributed by atoms with Crippen LogP contribution in [-0.2, 0) is 20.8 Å². The summed E-state index contributed by atoms with van der Waals surface area (Å²) in [6, 6.07) is 4.69. The van der Waals surface area contributed by atoms with Gasteiger partial charge in [0.15, 0.2) is 0 Å². The highest BCUT2D eigenvalue weighted by Crippen LogP contribution is 2.49. The first-order valence-corrected chi connectivity index (χ1v) is 10.3. The Bertz CT molecular complexity index is 716. The molecule has 0 radical (unpaired) electrons. The van der Waals surface area contributed by atoms with Crippen molar-refractivity contribution in [1.29, 1.82) is 0 Å². The average molecular weight is 371 g/mol. The van der Waals surface area contributed by atoms with E-state index in [4.69, 9.17) is 10.9 Å². The lowest BCUT2D eigenvalue weighted by molar-refractivity contribution is 0.470. The second-order valence-corrected chi connectivity index (χ2v) is 11.7. The molecule has 0 fully saturated rings. The quantitative estimate of drug-likeness (QED) is 0.333. The highest BCUT2D eigenvalue weighted by Gasteiger charge is 2.33. The first-order valence-electron chi connectivity index (χ1n) is 9.08. The Labute approximate surface area is 162 Å². The zero-order valence-electron chi connectivity index (χ0n) is 18.3. The van der Waals surface area contributed by atoms with Crippen molar-refractivity contribution in [3.8, 4) is 12.3 Å². The summed E-state index contributed by atoms with van der Waals surface area (Å²) < 4.78 is 5.96. The summed E-state index contributed by atoms with van der Waals surface area (Å²) in [5.74, 6) is 2.75. The van der Waals surface area contributed by atoms with Crippen molar-refractivity contribution in [2.45, 2.75) is 78.6 Å². The van der Waals surface area contributed by atoms with Crippen LogP contribution >= 0.6 is 8.15 Å². The first-order chi connectivity index (χ1) is 11.7. The maximum Gasteiger partial charge on any atom is 0.108 e. The van der Waals surface area contributed by atoms with Crippen LogP contribution in [0.1, 0.15) is 79.0 Å². The molecule has 0 saturated heterocycles. The molecule has 1 rings (SSSR count). The summed E-state index contributed by atoms with van der Waals surface area (Å²) in [6.07, 6.45) is 5.76. The zero-order valence-corrected chi connectivity index (χ0v) is 19.2. The molecule has 0 saturated carbocycles. The monoisotopic (exact) mass is 370 g/mol. The molecule has 0 aliphatic carbocycles. The Hall–Kier alpha value is -1.31. The first kappa shape index (κ1) is 22.7. The van der Waals surface area contributed by atoms with Crippen LogP contribution in [0.15, 0.2) is 29.8 Å². The lowest BCUT2D eigenvalue weighted by atomic mass is 9.75. The summed E-state index contributed by atoms with van der Waals surface area (Å²) in [6.45, 7) is 24.1. The lowest BCUT2D eigenvalue weighted by Crippen LogP contribution is -2.32. The third-order valence-corrected chi connectivity index (χ3v) is 6.43. The highest BCUT2D eigenvalue weighted by atomic mass is 31.1. The van der Waals surface area contributed by atoms with E-state index in [-0.39, 0.29) is 16.2 Å². The number of allylic oxidation sites excluding steroid dienone is 1. The third-order valence-electron chi connectivity index (χ3n) is 4.48. The fraction of sp³-hybridized carbons (Fsp3) is 0.542. The Kier molecular flexibility index (Phi) is 6.77. The van der Waals surface area contributed by atoms with E-state index in [1.54, 1.807) is 7.11 Å². The normalized spacial score (nSPS) is 13.7. The fourth-order valence-corrected chi connectivity index (χ4v) is 4.99. The predicted molar refractivity (Wildman–Crippen MR) is 118 cm³/mol. The van der Waals surface area contributed by atoms with E-state index in [1.165, 1.54) is 22.0 Å². The van der Waals surface area contributed by atoms with Gasteiger partial charge in [-0.1, -0.05) is 86.9 Å². The molecule has 0 bridgehead atoms. The molecule has 0 aromatic heterocycles. The van der Waals surface area contributed by atoms with Crippen LogP contribution in [-0.4, -0.2) is 7.11 Å². The van der Waals surface area contributed by atoms with Crippen LogP contribution in [0.3, 0.4) is 0 Å². The predicted octanol–water partition coefficient (Wildman–Crippen LogP) is 6.55. The molecule has 1 atom stereocenters. The largest absolute Gasteiger partial charge is 0.352 e. The summed E-state index contributed by atoms with van der Waals surface area (Å²) in [7, 11) is 0.604. The van der Waals surface area contributed by atoms with Crippen molar-refractivity contribution in [1.82, 2.24) is 0 Å². The van der Waals surface area contributed by atoms with Gasteiger partial charge in [0.1, 0.15) is 8.15 Å². The van der Waals surface area contributed by atoms with Crippen LogP contribution in [0, 0.1) is 12.3 Å². The van der Waals surface area contributed by atoms with E-state index in [1.807, 2.05) is 0 Å². The van der Waals surface area contributed by atoms with E-state index >= 15 is 0 Å². The van der Waals surface area contributed by atoms with Crippen molar-refractivity contribution < 1.29 is 4.52 Å². The Morgan fingerprint density at radius 2 is 1.35 bits per heavy atom. The van der Waals surface area contributed by atoms with E-state index in [2.05, 4.69) is 92.7 Å². The maximum atomic E-state index is 5.96. The molecule has 0 spiro atoms. The Balaban J connectivity index is 4.10. The minimum Gasteiger partial charge on any atom is -0.352 e. The molecule has 0 aliphatic heterocycles. The molecule has 1 aromatic carbocycles. The van der Waals surface area contributed by atoms with Crippen LogP contribution in [0.4, 0.5) is 0 Å². The van der Waals surface area contributed by atoms with Gasteiger partial charge in [-0.3, -0.25) is 0 Å². The van der Waals surface area contributed by atoms with E-state index in [0.717, 1.165) is 0 Å². The molecule has 0 N–H and O–H groups in total. The second-order valence-electron chi connectivity index (χ2n) is 9.82. The van der Waals surface area contributed by atoms with E-state index in [0.29, 0.717) is 5.31 Å². The standard InChI is InChI=1S/C24H35OP/c1-13-18(14-2)26(25-12)21-19(23(6,7)8)15-17(22(3,4)5)16-20(21)24(9,10)11/h1,15-16H,2H2,3-12H3. The summed E-state index contributed by atoms with van der Waals surface area (Å²) in [5, 5.41) is 1.93.